The molecule has 1 heterocycles. The molecule has 4 nitrogen and oxygen atoms in total. The van der Waals surface area contributed by atoms with Crippen LogP contribution in [0.2, 0.25) is 0 Å². The number of nitrogens with one attached hydrogen (secondary N) is 1. The van der Waals surface area contributed by atoms with Crippen molar-refractivity contribution < 1.29 is 4.39 Å². The maximum Gasteiger partial charge on any atom is 0.198 e. The lowest BCUT2D eigenvalue weighted by Crippen LogP contribution is -2.52. The van der Waals surface area contributed by atoms with Gasteiger partial charge in [0.2, 0.25) is 0 Å². The molecule has 1 aromatic rings. The van der Waals surface area contributed by atoms with Crippen molar-refractivity contribution in [3.63, 3.8) is 0 Å². The van der Waals surface area contributed by atoms with Crippen molar-refractivity contribution in [1.82, 2.24) is 4.90 Å². The summed E-state index contributed by atoms with van der Waals surface area (Å²) in [5, 5.41) is 3.41. The molecule has 2 fully saturated rings. The van der Waals surface area contributed by atoms with Crippen LogP contribution >= 0.6 is 0 Å². The number of anilines is 1. The van der Waals surface area contributed by atoms with Gasteiger partial charge in [0.25, 0.3) is 0 Å². The van der Waals surface area contributed by atoms with E-state index in [4.69, 9.17) is 10.7 Å². The van der Waals surface area contributed by atoms with Gasteiger partial charge in [0, 0.05) is 24.8 Å². The van der Waals surface area contributed by atoms with E-state index in [1.807, 2.05) is 6.07 Å². The van der Waals surface area contributed by atoms with E-state index in [9.17, 15) is 4.39 Å². The number of guanidine groups is 1. The number of benzene rings is 1. The van der Waals surface area contributed by atoms with Gasteiger partial charge in [0.1, 0.15) is 5.82 Å². The minimum atomic E-state index is -0.231. The molecule has 2 atom stereocenters. The van der Waals surface area contributed by atoms with Crippen LogP contribution in [-0.2, 0) is 0 Å². The predicted octanol–water partition coefficient (Wildman–Crippen LogP) is 4.23. The van der Waals surface area contributed by atoms with Gasteiger partial charge in [-0.05, 0) is 61.8 Å². The Balaban J connectivity index is 1.85. The first-order valence-corrected chi connectivity index (χ1v) is 10.0. The highest BCUT2D eigenvalue weighted by Crippen LogP contribution is 2.35. The van der Waals surface area contributed by atoms with E-state index in [1.165, 1.54) is 50.7 Å². The minimum Gasteiger partial charge on any atom is -0.339 e. The van der Waals surface area contributed by atoms with E-state index in [-0.39, 0.29) is 11.2 Å². The van der Waals surface area contributed by atoms with Gasteiger partial charge in [-0.15, -0.1) is 0 Å². The van der Waals surface area contributed by atoms with Crippen LogP contribution in [0.25, 0.3) is 0 Å². The number of halogens is 1. The normalized spacial score (nSPS) is 24.3. The van der Waals surface area contributed by atoms with Crippen LogP contribution < -0.4 is 11.1 Å². The molecular formula is C21H33FN4. The van der Waals surface area contributed by atoms with E-state index in [1.54, 1.807) is 6.07 Å². The fraction of sp³-hybridized carbons (Fsp3) is 0.667. The van der Waals surface area contributed by atoms with E-state index >= 15 is 0 Å². The Morgan fingerprint density at radius 3 is 2.81 bits per heavy atom. The summed E-state index contributed by atoms with van der Waals surface area (Å²) >= 11 is 0. The number of nitrogens with zero attached hydrogens (tertiary/aromatic N) is 2. The van der Waals surface area contributed by atoms with Crippen molar-refractivity contribution in [1.29, 1.82) is 0 Å². The van der Waals surface area contributed by atoms with Crippen molar-refractivity contribution in [2.24, 2.45) is 22.1 Å². The maximum atomic E-state index is 13.6. The molecule has 1 saturated heterocycles. The molecule has 1 aromatic carbocycles. The number of aliphatic imine (C=N–C) groups is 1. The monoisotopic (exact) mass is 360 g/mol. The molecule has 3 N–H and O–H groups in total. The van der Waals surface area contributed by atoms with Crippen LogP contribution in [0.3, 0.4) is 0 Å². The number of rotatable bonds is 4. The maximum absolute atomic E-state index is 13.6. The molecule has 2 unspecified atom stereocenters. The van der Waals surface area contributed by atoms with Gasteiger partial charge in [-0.3, -0.25) is 4.99 Å². The molecule has 1 aliphatic carbocycles. The van der Waals surface area contributed by atoms with E-state index in [0.717, 1.165) is 24.1 Å². The average molecular weight is 361 g/mol. The SMILES string of the molecule is CC(C)(CN)CN=C(Nc1cccc(F)c1)N1CCCC2CCCCC21. The summed E-state index contributed by atoms with van der Waals surface area (Å²) in [4.78, 5) is 7.38. The van der Waals surface area contributed by atoms with E-state index in [2.05, 4.69) is 24.1 Å². The summed E-state index contributed by atoms with van der Waals surface area (Å²) in [5.74, 6) is 1.42. The average Bonchev–Trinajstić information content (AvgIpc) is 2.65. The first-order valence-electron chi connectivity index (χ1n) is 10.0. The molecule has 5 heteroatoms. The second kappa shape index (κ2) is 8.38. The van der Waals surface area contributed by atoms with Crippen LogP contribution in [-0.4, -0.2) is 36.5 Å². The zero-order valence-electron chi connectivity index (χ0n) is 16.2. The molecule has 26 heavy (non-hydrogen) atoms. The summed E-state index contributed by atoms with van der Waals surface area (Å²) in [5.41, 5.74) is 6.61. The molecule has 0 spiro atoms. The van der Waals surface area contributed by atoms with Crippen LogP contribution in [0.1, 0.15) is 52.4 Å². The topological polar surface area (TPSA) is 53.6 Å². The lowest BCUT2D eigenvalue weighted by Gasteiger charge is -2.45. The van der Waals surface area contributed by atoms with E-state index in [0.29, 0.717) is 19.1 Å². The standard InChI is InChI=1S/C21H33FN4/c1-21(2,14-23)15-24-20(25-18-10-5-9-17(22)13-18)26-12-6-8-16-7-3-4-11-19(16)26/h5,9-10,13,16,19H,3-4,6-8,11-12,14-15,23H2,1-2H3,(H,24,25). The molecule has 2 aliphatic rings. The summed E-state index contributed by atoms with van der Waals surface area (Å²) < 4.78 is 13.6. The predicted molar refractivity (Wildman–Crippen MR) is 107 cm³/mol. The smallest absolute Gasteiger partial charge is 0.198 e. The summed E-state index contributed by atoms with van der Waals surface area (Å²) in [6.45, 7) is 6.54. The van der Waals surface area contributed by atoms with Gasteiger partial charge in [-0.1, -0.05) is 32.8 Å². The molecule has 0 radical (unpaired) electrons. The molecular weight excluding hydrogens is 327 g/mol. The number of fused-ring (bicyclic) bond motifs is 1. The number of hydrogen-bond acceptors (Lipinski definition) is 2. The second-order valence-corrected chi connectivity index (χ2v) is 8.59. The van der Waals surface area contributed by atoms with Gasteiger partial charge in [0.15, 0.2) is 5.96 Å². The van der Waals surface area contributed by atoms with Gasteiger partial charge in [-0.2, -0.15) is 0 Å². The van der Waals surface area contributed by atoms with Gasteiger partial charge in [0.05, 0.1) is 0 Å². The molecule has 1 saturated carbocycles. The zero-order chi connectivity index (χ0) is 18.6. The van der Waals surface area contributed by atoms with Crippen molar-refractivity contribution >= 4 is 11.6 Å². The fourth-order valence-electron chi connectivity index (χ4n) is 4.14. The second-order valence-electron chi connectivity index (χ2n) is 8.59. The van der Waals surface area contributed by atoms with Gasteiger partial charge < -0.3 is 16.0 Å². The summed E-state index contributed by atoms with van der Waals surface area (Å²) in [6, 6.07) is 7.19. The third-order valence-electron chi connectivity index (χ3n) is 5.81. The number of likely N-dealkylation sites (tertiary alicyclic amines) is 1. The highest BCUT2D eigenvalue weighted by molar-refractivity contribution is 5.94. The largest absolute Gasteiger partial charge is 0.339 e. The lowest BCUT2D eigenvalue weighted by molar-refractivity contribution is 0.119. The molecule has 0 bridgehead atoms. The summed E-state index contributed by atoms with van der Waals surface area (Å²) in [6.07, 6.45) is 7.71. The molecule has 3 rings (SSSR count). The van der Waals surface area contributed by atoms with Crippen LogP contribution in [0.5, 0.6) is 0 Å². The Hall–Kier alpha value is -1.62. The first-order chi connectivity index (χ1) is 12.5. The third kappa shape index (κ3) is 4.76. The molecule has 144 valence electrons. The zero-order valence-corrected chi connectivity index (χ0v) is 16.2. The minimum absolute atomic E-state index is 0.0450. The Labute approximate surface area is 157 Å². The van der Waals surface area contributed by atoms with Gasteiger partial charge in [-0.25, -0.2) is 4.39 Å². The quantitative estimate of drug-likeness (QED) is 0.624. The highest BCUT2D eigenvalue weighted by Gasteiger charge is 2.35. The van der Waals surface area contributed by atoms with Crippen LogP contribution in [0.4, 0.5) is 10.1 Å². The van der Waals surface area contributed by atoms with Gasteiger partial charge >= 0.3 is 0 Å². The number of nitrogens with two attached hydrogens (primary N) is 1. The fourth-order valence-corrected chi connectivity index (χ4v) is 4.14. The third-order valence-corrected chi connectivity index (χ3v) is 5.81. The van der Waals surface area contributed by atoms with Crippen molar-refractivity contribution in [3.05, 3.63) is 30.1 Å². The van der Waals surface area contributed by atoms with Crippen molar-refractivity contribution in [2.45, 2.75) is 58.4 Å². The number of hydrogen-bond donors (Lipinski definition) is 2. The lowest BCUT2D eigenvalue weighted by atomic mass is 9.78. The van der Waals surface area contributed by atoms with E-state index < -0.39 is 0 Å². The summed E-state index contributed by atoms with van der Waals surface area (Å²) in [7, 11) is 0. The Morgan fingerprint density at radius 2 is 2.04 bits per heavy atom. The Morgan fingerprint density at radius 1 is 1.27 bits per heavy atom. The Bertz CT molecular complexity index is 626. The number of piperidine rings is 1. The first kappa shape index (κ1) is 19.2. The van der Waals surface area contributed by atoms with Crippen molar-refractivity contribution in [2.75, 3.05) is 25.0 Å². The molecule has 1 aliphatic heterocycles. The van der Waals surface area contributed by atoms with Crippen molar-refractivity contribution in [3.8, 4) is 0 Å². The highest BCUT2D eigenvalue weighted by atomic mass is 19.1. The van der Waals surface area contributed by atoms with Crippen LogP contribution in [0.15, 0.2) is 29.3 Å². The molecule has 0 aromatic heterocycles. The Kier molecular flexibility index (Phi) is 6.17. The molecule has 0 amide bonds. The van der Waals surface area contributed by atoms with Crippen LogP contribution in [0, 0.1) is 17.2 Å².